The zero-order chi connectivity index (χ0) is 25.8. The molecule has 12 nitrogen and oxygen atoms in total. The van der Waals surface area contributed by atoms with Crippen LogP contribution >= 0.6 is 11.6 Å². The first kappa shape index (κ1) is 26.4. The number of piperidine rings is 1. The molecule has 1 saturated heterocycles. The number of nitrogens with two attached hydrogens (primary N) is 1. The third-order valence-corrected chi connectivity index (χ3v) is 5.68. The highest BCUT2D eigenvalue weighted by atomic mass is 35.5. The SMILES string of the molecule is CCOC1(C(N)=O)CCN(c2nc(OCC(C)(C)O)nc(Nc3ccc(Cl)cc3)c2[N+](=O)[O-])CC1. The highest BCUT2D eigenvalue weighted by molar-refractivity contribution is 6.30. The van der Waals surface area contributed by atoms with Gasteiger partial charge in [-0.1, -0.05) is 11.6 Å². The van der Waals surface area contributed by atoms with E-state index in [0.717, 1.165) is 0 Å². The Labute approximate surface area is 207 Å². The van der Waals surface area contributed by atoms with Gasteiger partial charge < -0.3 is 30.5 Å². The number of ether oxygens (including phenoxy) is 2. The summed E-state index contributed by atoms with van der Waals surface area (Å²) < 4.78 is 11.2. The second kappa shape index (κ2) is 10.6. The van der Waals surface area contributed by atoms with Crippen LogP contribution in [0.15, 0.2) is 24.3 Å². The molecule has 1 fully saturated rings. The number of hydrogen-bond donors (Lipinski definition) is 3. The van der Waals surface area contributed by atoms with Crippen LogP contribution in [0, 0.1) is 10.1 Å². The van der Waals surface area contributed by atoms with E-state index in [1.165, 1.54) is 0 Å². The molecule has 13 heteroatoms. The van der Waals surface area contributed by atoms with Crippen molar-refractivity contribution in [2.75, 3.05) is 36.5 Å². The van der Waals surface area contributed by atoms with Crippen LogP contribution in [-0.4, -0.2) is 63.4 Å². The molecule has 35 heavy (non-hydrogen) atoms. The zero-order valence-corrected chi connectivity index (χ0v) is 20.5. The van der Waals surface area contributed by atoms with Gasteiger partial charge in [-0.05, 0) is 45.0 Å². The molecule has 1 aromatic heterocycles. The van der Waals surface area contributed by atoms with Crippen molar-refractivity contribution >= 4 is 40.5 Å². The number of aromatic nitrogens is 2. The van der Waals surface area contributed by atoms with Crippen molar-refractivity contribution in [1.29, 1.82) is 0 Å². The summed E-state index contributed by atoms with van der Waals surface area (Å²) in [5.74, 6) is -0.651. The number of amides is 1. The lowest BCUT2D eigenvalue weighted by Crippen LogP contribution is -2.54. The third-order valence-electron chi connectivity index (χ3n) is 5.43. The number of hydrogen-bond acceptors (Lipinski definition) is 10. The molecule has 0 radical (unpaired) electrons. The van der Waals surface area contributed by atoms with E-state index in [4.69, 9.17) is 26.8 Å². The predicted octanol–water partition coefficient (Wildman–Crippen LogP) is 2.79. The number of halogens is 1. The molecule has 0 bridgehead atoms. The number of benzene rings is 1. The second-order valence-corrected chi connectivity index (χ2v) is 9.23. The van der Waals surface area contributed by atoms with Crippen LogP contribution in [-0.2, 0) is 9.53 Å². The summed E-state index contributed by atoms with van der Waals surface area (Å²) in [7, 11) is 0. The average molecular weight is 509 g/mol. The van der Waals surface area contributed by atoms with Crippen LogP contribution in [0.2, 0.25) is 5.02 Å². The molecule has 1 aliphatic heterocycles. The number of aliphatic hydroxyl groups is 1. The van der Waals surface area contributed by atoms with Gasteiger partial charge in [0.15, 0.2) is 0 Å². The van der Waals surface area contributed by atoms with E-state index in [0.29, 0.717) is 17.3 Å². The molecular formula is C22H29ClN6O6. The van der Waals surface area contributed by atoms with Crippen molar-refractivity contribution in [2.45, 2.75) is 44.8 Å². The maximum atomic E-state index is 12.2. The molecule has 0 atom stereocenters. The van der Waals surface area contributed by atoms with Crippen LogP contribution in [0.1, 0.15) is 33.6 Å². The number of primary amides is 1. The molecule has 3 rings (SSSR count). The molecule has 2 heterocycles. The van der Waals surface area contributed by atoms with E-state index >= 15 is 0 Å². The quantitative estimate of drug-likeness (QED) is 0.320. The number of nitrogens with zero attached hydrogens (tertiary/aromatic N) is 4. The zero-order valence-electron chi connectivity index (χ0n) is 19.8. The van der Waals surface area contributed by atoms with Crippen molar-refractivity contribution in [3.8, 4) is 6.01 Å². The Kier molecular flexibility index (Phi) is 7.98. The molecule has 1 amide bonds. The topological polar surface area (TPSA) is 166 Å². The average Bonchev–Trinajstić information content (AvgIpc) is 2.79. The monoisotopic (exact) mass is 508 g/mol. The van der Waals surface area contributed by atoms with Crippen molar-refractivity contribution in [2.24, 2.45) is 5.73 Å². The summed E-state index contributed by atoms with van der Waals surface area (Å²) in [5, 5.41) is 25.6. The summed E-state index contributed by atoms with van der Waals surface area (Å²) in [6, 6.07) is 6.40. The largest absolute Gasteiger partial charge is 0.460 e. The second-order valence-electron chi connectivity index (χ2n) is 8.80. The normalized spacial score (nSPS) is 15.5. The van der Waals surface area contributed by atoms with Gasteiger partial charge in [0.1, 0.15) is 12.2 Å². The molecule has 4 N–H and O–H groups in total. The number of rotatable bonds is 10. The van der Waals surface area contributed by atoms with Crippen LogP contribution in [0.3, 0.4) is 0 Å². The van der Waals surface area contributed by atoms with Gasteiger partial charge in [-0.15, -0.1) is 0 Å². The summed E-state index contributed by atoms with van der Waals surface area (Å²) in [6.45, 7) is 5.49. The minimum atomic E-state index is -1.18. The summed E-state index contributed by atoms with van der Waals surface area (Å²) >= 11 is 5.94. The number of anilines is 3. The smallest absolute Gasteiger partial charge is 0.354 e. The van der Waals surface area contributed by atoms with Crippen molar-refractivity contribution in [3.63, 3.8) is 0 Å². The minimum Gasteiger partial charge on any atom is -0.460 e. The van der Waals surface area contributed by atoms with Crippen molar-refractivity contribution in [3.05, 3.63) is 39.4 Å². The van der Waals surface area contributed by atoms with Gasteiger partial charge >= 0.3 is 11.7 Å². The highest BCUT2D eigenvalue weighted by Gasteiger charge is 2.43. The fourth-order valence-electron chi connectivity index (χ4n) is 3.69. The van der Waals surface area contributed by atoms with Gasteiger partial charge in [-0.25, -0.2) is 0 Å². The predicted molar refractivity (Wildman–Crippen MR) is 130 cm³/mol. The van der Waals surface area contributed by atoms with E-state index in [9.17, 15) is 20.0 Å². The van der Waals surface area contributed by atoms with Gasteiger partial charge in [0.2, 0.25) is 17.5 Å². The van der Waals surface area contributed by atoms with Gasteiger partial charge in [0, 0.05) is 43.2 Å². The maximum Gasteiger partial charge on any atom is 0.354 e. The van der Waals surface area contributed by atoms with E-state index in [2.05, 4.69) is 15.3 Å². The molecule has 0 saturated carbocycles. The molecule has 1 aliphatic rings. The Hall–Kier alpha value is -3.22. The lowest BCUT2D eigenvalue weighted by atomic mass is 9.90. The lowest BCUT2D eigenvalue weighted by molar-refractivity contribution is -0.383. The first-order valence-corrected chi connectivity index (χ1v) is 11.4. The maximum absolute atomic E-state index is 12.2. The Morgan fingerprint density at radius 3 is 2.46 bits per heavy atom. The van der Waals surface area contributed by atoms with Gasteiger partial charge in [0.05, 0.1) is 10.5 Å². The Balaban J connectivity index is 2.02. The molecule has 190 valence electrons. The summed E-state index contributed by atoms with van der Waals surface area (Å²) in [6.07, 6.45) is 0.467. The first-order valence-electron chi connectivity index (χ1n) is 11.1. The molecule has 0 unspecified atom stereocenters. The number of nitro groups is 1. The Morgan fingerprint density at radius 1 is 1.31 bits per heavy atom. The highest BCUT2D eigenvalue weighted by Crippen LogP contribution is 2.39. The van der Waals surface area contributed by atoms with Crippen LogP contribution in [0.4, 0.5) is 23.0 Å². The van der Waals surface area contributed by atoms with Gasteiger partial charge in [-0.2, -0.15) is 9.97 Å². The molecule has 0 aliphatic carbocycles. The summed E-state index contributed by atoms with van der Waals surface area (Å²) in [5.41, 5.74) is 3.42. The minimum absolute atomic E-state index is 0.0155. The third kappa shape index (κ3) is 6.47. The Morgan fingerprint density at radius 2 is 1.94 bits per heavy atom. The van der Waals surface area contributed by atoms with Crippen molar-refractivity contribution in [1.82, 2.24) is 9.97 Å². The fraction of sp³-hybridized carbons (Fsp3) is 0.500. The lowest BCUT2D eigenvalue weighted by Gasteiger charge is -2.39. The Bertz CT molecular complexity index is 1070. The van der Waals surface area contributed by atoms with Gasteiger partial charge in [-0.3, -0.25) is 14.9 Å². The van der Waals surface area contributed by atoms with E-state index < -0.39 is 22.0 Å². The van der Waals surface area contributed by atoms with E-state index in [1.54, 1.807) is 49.9 Å². The van der Waals surface area contributed by atoms with Gasteiger partial charge in [0.25, 0.3) is 0 Å². The van der Waals surface area contributed by atoms with Crippen LogP contribution in [0.5, 0.6) is 6.01 Å². The first-order chi connectivity index (χ1) is 16.4. The number of nitrogens with one attached hydrogen (secondary N) is 1. The summed E-state index contributed by atoms with van der Waals surface area (Å²) in [4.78, 5) is 33.8. The van der Waals surface area contributed by atoms with Crippen molar-refractivity contribution < 1.29 is 24.3 Å². The molecule has 2 aromatic rings. The number of carbonyl (C=O) groups excluding carboxylic acids is 1. The molecule has 1 aromatic carbocycles. The van der Waals surface area contributed by atoms with Crippen LogP contribution < -0.4 is 20.7 Å². The van der Waals surface area contributed by atoms with E-state index in [1.807, 2.05) is 0 Å². The standard InChI is InChI=1S/C22H29ClN6O6/c1-4-35-22(19(24)30)9-11-28(12-10-22)18-16(29(32)33)17(25-15-7-5-14(23)6-8-15)26-20(27-18)34-13-21(2,3)31/h5-8,31H,4,9-13H2,1-3H3,(H2,24,30)(H,25,26,27). The number of carbonyl (C=O) groups is 1. The van der Waals surface area contributed by atoms with E-state index in [-0.39, 0.29) is 55.9 Å². The fourth-order valence-corrected chi connectivity index (χ4v) is 3.82. The molecule has 0 spiro atoms. The van der Waals surface area contributed by atoms with Crippen LogP contribution in [0.25, 0.3) is 0 Å². The molecular weight excluding hydrogens is 480 g/mol.